The molecule has 0 spiro atoms. The lowest BCUT2D eigenvalue weighted by atomic mass is 10.2. The number of nitrogens with one attached hydrogen (secondary N) is 1. The van der Waals surface area contributed by atoms with E-state index in [2.05, 4.69) is 5.32 Å². The number of esters is 1. The Morgan fingerprint density at radius 2 is 2.38 bits per heavy atom. The predicted molar refractivity (Wildman–Crippen MR) is 43.7 cm³/mol. The first-order valence-corrected chi connectivity index (χ1v) is 4.18. The molecular formula is C8H13NO4. The fraction of sp³-hybridized carbons (Fsp3) is 0.750. The van der Waals surface area contributed by atoms with E-state index in [4.69, 9.17) is 9.47 Å². The molecule has 1 aliphatic rings. The molecule has 0 aromatic carbocycles. The second-order valence-corrected chi connectivity index (χ2v) is 3.14. The van der Waals surface area contributed by atoms with Gasteiger partial charge in [0, 0.05) is 0 Å². The molecule has 1 amide bonds. The largest absolute Gasteiger partial charge is 0.433 e. The zero-order valence-corrected chi connectivity index (χ0v) is 7.65. The maximum absolute atomic E-state index is 10.9. The van der Waals surface area contributed by atoms with Crippen LogP contribution in [0.15, 0.2) is 0 Å². The molecule has 1 saturated heterocycles. The summed E-state index contributed by atoms with van der Waals surface area (Å²) < 4.78 is 10.1. The summed E-state index contributed by atoms with van der Waals surface area (Å²) in [7, 11) is 0. The van der Waals surface area contributed by atoms with E-state index in [1.54, 1.807) is 0 Å². The van der Waals surface area contributed by atoms with Crippen molar-refractivity contribution in [2.75, 3.05) is 0 Å². The fourth-order valence-electron chi connectivity index (χ4n) is 1.15. The van der Waals surface area contributed by atoms with Crippen molar-refractivity contribution in [3.05, 3.63) is 0 Å². The molecule has 0 aliphatic carbocycles. The molecule has 74 valence electrons. The number of cyclic esters (lactones) is 1. The average Bonchev–Trinajstić information content (AvgIpc) is 2.31. The second-order valence-electron chi connectivity index (χ2n) is 3.14. The molecule has 1 heterocycles. The van der Waals surface area contributed by atoms with E-state index in [0.29, 0.717) is 6.41 Å². The molecule has 2 atom stereocenters. The topological polar surface area (TPSA) is 64.6 Å². The minimum absolute atomic E-state index is 0.0353. The molecule has 1 fully saturated rings. The maximum atomic E-state index is 10.9. The number of hydrogen-bond acceptors (Lipinski definition) is 4. The molecule has 0 aromatic rings. The van der Waals surface area contributed by atoms with Crippen LogP contribution in [-0.4, -0.2) is 30.8 Å². The van der Waals surface area contributed by atoms with Crippen molar-refractivity contribution in [1.29, 1.82) is 0 Å². The van der Waals surface area contributed by atoms with E-state index in [9.17, 15) is 9.59 Å². The molecule has 0 aromatic heterocycles. The number of hydrogen-bond donors (Lipinski definition) is 1. The molecule has 1 aliphatic heterocycles. The molecule has 1 N–H and O–H groups in total. The standard InChI is InChI=1S/C8H13NO4/c1-5(2)12-8-6(9-4-10)3-7(11)13-8/h4-6,8H,3H2,1-2H3,(H,9,10)/t6-,8+/m0/s1. The lowest BCUT2D eigenvalue weighted by Crippen LogP contribution is -2.38. The molecular weight excluding hydrogens is 174 g/mol. The van der Waals surface area contributed by atoms with Crippen LogP contribution in [0, 0.1) is 0 Å². The minimum Gasteiger partial charge on any atom is -0.433 e. The lowest BCUT2D eigenvalue weighted by Gasteiger charge is -2.19. The average molecular weight is 187 g/mol. The van der Waals surface area contributed by atoms with Crippen molar-refractivity contribution in [3.63, 3.8) is 0 Å². The first-order valence-electron chi connectivity index (χ1n) is 4.18. The number of amides is 1. The third-order valence-corrected chi connectivity index (χ3v) is 1.65. The van der Waals surface area contributed by atoms with Crippen LogP contribution in [0.25, 0.3) is 0 Å². The normalized spacial score (nSPS) is 27.5. The Balaban J connectivity index is 2.49. The monoisotopic (exact) mass is 187 g/mol. The van der Waals surface area contributed by atoms with Crippen LogP contribution in [0.3, 0.4) is 0 Å². The van der Waals surface area contributed by atoms with Crippen LogP contribution in [0.1, 0.15) is 20.3 Å². The van der Waals surface area contributed by atoms with Crippen molar-refractivity contribution in [2.45, 2.75) is 38.7 Å². The van der Waals surface area contributed by atoms with Crippen LogP contribution in [-0.2, 0) is 19.1 Å². The van der Waals surface area contributed by atoms with E-state index in [-0.39, 0.29) is 24.5 Å². The van der Waals surface area contributed by atoms with E-state index < -0.39 is 6.29 Å². The van der Waals surface area contributed by atoms with Crippen LogP contribution in [0.5, 0.6) is 0 Å². The third-order valence-electron chi connectivity index (χ3n) is 1.65. The Morgan fingerprint density at radius 1 is 1.69 bits per heavy atom. The molecule has 13 heavy (non-hydrogen) atoms. The molecule has 1 rings (SSSR count). The highest BCUT2D eigenvalue weighted by Crippen LogP contribution is 2.17. The number of carbonyl (C=O) groups excluding carboxylic acids is 2. The Labute approximate surface area is 76.4 Å². The molecule has 5 heteroatoms. The van der Waals surface area contributed by atoms with Crippen LogP contribution >= 0.6 is 0 Å². The minimum atomic E-state index is -0.641. The van der Waals surface area contributed by atoms with Gasteiger partial charge in [-0.3, -0.25) is 9.59 Å². The van der Waals surface area contributed by atoms with Gasteiger partial charge in [0.2, 0.25) is 12.7 Å². The molecule has 0 saturated carbocycles. The summed E-state index contributed by atoms with van der Waals surface area (Å²) in [5.74, 6) is -0.343. The summed E-state index contributed by atoms with van der Waals surface area (Å²) in [6, 6.07) is -0.354. The highest BCUT2D eigenvalue weighted by molar-refractivity contribution is 5.73. The van der Waals surface area contributed by atoms with Gasteiger partial charge in [0.25, 0.3) is 0 Å². The zero-order valence-electron chi connectivity index (χ0n) is 7.65. The number of rotatable bonds is 4. The Hall–Kier alpha value is -1.10. The molecule has 5 nitrogen and oxygen atoms in total. The van der Waals surface area contributed by atoms with Crippen molar-refractivity contribution in [2.24, 2.45) is 0 Å². The molecule has 0 radical (unpaired) electrons. The molecule has 0 bridgehead atoms. The quantitative estimate of drug-likeness (QED) is 0.489. The van der Waals surface area contributed by atoms with Crippen molar-refractivity contribution < 1.29 is 19.1 Å². The maximum Gasteiger partial charge on any atom is 0.310 e. The van der Waals surface area contributed by atoms with Gasteiger partial charge in [-0.1, -0.05) is 0 Å². The van der Waals surface area contributed by atoms with Crippen molar-refractivity contribution in [3.8, 4) is 0 Å². The summed E-state index contributed by atoms with van der Waals surface area (Å²) in [5, 5.41) is 2.48. The third kappa shape index (κ3) is 2.69. The van der Waals surface area contributed by atoms with Gasteiger partial charge in [0.15, 0.2) is 0 Å². The zero-order chi connectivity index (χ0) is 9.84. The van der Waals surface area contributed by atoms with Gasteiger partial charge in [-0.05, 0) is 13.8 Å². The lowest BCUT2D eigenvalue weighted by molar-refractivity contribution is -0.172. The van der Waals surface area contributed by atoms with Gasteiger partial charge in [0.05, 0.1) is 12.5 Å². The summed E-state index contributed by atoms with van der Waals surface area (Å²) in [5.41, 5.74) is 0. The van der Waals surface area contributed by atoms with Crippen LogP contribution in [0.2, 0.25) is 0 Å². The van der Waals surface area contributed by atoms with Gasteiger partial charge in [0.1, 0.15) is 6.04 Å². The fourth-order valence-corrected chi connectivity index (χ4v) is 1.15. The van der Waals surface area contributed by atoms with Crippen molar-refractivity contribution >= 4 is 12.4 Å². The van der Waals surface area contributed by atoms with E-state index >= 15 is 0 Å². The van der Waals surface area contributed by atoms with Gasteiger partial charge in [-0.15, -0.1) is 0 Å². The SMILES string of the molecule is CC(C)O[C@@H]1OC(=O)C[C@@H]1NC=O. The summed E-state index contributed by atoms with van der Waals surface area (Å²) in [6.07, 6.45) is 0.0453. The van der Waals surface area contributed by atoms with Gasteiger partial charge >= 0.3 is 5.97 Å². The van der Waals surface area contributed by atoms with Gasteiger partial charge in [-0.2, -0.15) is 0 Å². The summed E-state index contributed by atoms with van der Waals surface area (Å²) in [6.45, 7) is 3.67. The van der Waals surface area contributed by atoms with E-state index in [0.717, 1.165) is 0 Å². The Bertz CT molecular complexity index is 204. The summed E-state index contributed by atoms with van der Waals surface area (Å²) in [4.78, 5) is 21.0. The second kappa shape index (κ2) is 4.23. The number of ether oxygens (including phenoxy) is 2. The Morgan fingerprint density at radius 3 is 2.92 bits per heavy atom. The first-order chi connectivity index (χ1) is 6.13. The summed E-state index contributed by atoms with van der Waals surface area (Å²) >= 11 is 0. The number of carbonyl (C=O) groups is 2. The predicted octanol–water partition coefficient (Wildman–Crippen LogP) is -0.201. The van der Waals surface area contributed by atoms with Crippen molar-refractivity contribution in [1.82, 2.24) is 5.32 Å². The molecule has 0 unspecified atom stereocenters. The van der Waals surface area contributed by atoms with E-state index in [1.807, 2.05) is 13.8 Å². The highest BCUT2D eigenvalue weighted by atomic mass is 16.7. The Kier molecular flexibility index (Phi) is 3.25. The van der Waals surface area contributed by atoms with E-state index in [1.165, 1.54) is 0 Å². The van der Waals surface area contributed by atoms with Crippen LogP contribution in [0.4, 0.5) is 0 Å². The smallest absolute Gasteiger partial charge is 0.310 e. The van der Waals surface area contributed by atoms with Gasteiger partial charge in [-0.25, -0.2) is 0 Å². The first kappa shape index (κ1) is 9.98. The van der Waals surface area contributed by atoms with Crippen LogP contribution < -0.4 is 5.32 Å². The van der Waals surface area contributed by atoms with Gasteiger partial charge < -0.3 is 14.8 Å². The highest BCUT2D eigenvalue weighted by Gasteiger charge is 2.35.